The van der Waals surface area contributed by atoms with Crippen LogP contribution in [0.15, 0.2) is 43.6 Å². The van der Waals surface area contributed by atoms with Crippen molar-refractivity contribution in [1.82, 2.24) is 4.90 Å². The van der Waals surface area contributed by atoms with Gasteiger partial charge in [0.1, 0.15) is 0 Å². The lowest BCUT2D eigenvalue weighted by Gasteiger charge is -2.18. The average Bonchev–Trinajstić information content (AvgIpc) is 2.84. The van der Waals surface area contributed by atoms with E-state index in [9.17, 15) is 4.79 Å². The Morgan fingerprint density at radius 2 is 1.75 bits per heavy atom. The molecule has 0 radical (unpaired) electrons. The van der Waals surface area contributed by atoms with Gasteiger partial charge in [-0.2, -0.15) is 0 Å². The Morgan fingerprint density at radius 3 is 2.05 bits per heavy atom. The molecule has 2 rings (SSSR count). The van der Waals surface area contributed by atoms with Crippen LogP contribution in [0.25, 0.3) is 6.08 Å². The smallest absolute Gasteiger partial charge is 0.226 e. The maximum absolute atomic E-state index is 10.7. The second-order valence-corrected chi connectivity index (χ2v) is 5.95. The van der Waals surface area contributed by atoms with Crippen molar-refractivity contribution in [2.45, 2.75) is 39.0 Å². The van der Waals surface area contributed by atoms with E-state index >= 15 is 0 Å². The van der Waals surface area contributed by atoms with Gasteiger partial charge in [-0.3, -0.25) is 4.79 Å². The van der Waals surface area contributed by atoms with Crippen molar-refractivity contribution in [3.63, 3.8) is 0 Å². The molecular formula is C18H25NO. The molecule has 0 atom stereocenters. The fourth-order valence-electron chi connectivity index (χ4n) is 1.98. The summed E-state index contributed by atoms with van der Waals surface area (Å²) in [6.45, 7) is 14.7. The van der Waals surface area contributed by atoms with Crippen LogP contribution in [0, 0.1) is 0 Å². The quantitative estimate of drug-likeness (QED) is 0.781. The zero-order valence-electron chi connectivity index (χ0n) is 12.9. The summed E-state index contributed by atoms with van der Waals surface area (Å²) in [4.78, 5) is 12.3. The molecule has 1 aromatic rings. The molecular weight excluding hydrogens is 246 g/mol. The fourth-order valence-corrected chi connectivity index (χ4v) is 1.98. The first kappa shape index (κ1) is 16.2. The van der Waals surface area contributed by atoms with E-state index < -0.39 is 0 Å². The summed E-state index contributed by atoms with van der Waals surface area (Å²) in [5, 5.41) is 0. The Kier molecular flexibility index (Phi) is 5.75. The highest BCUT2D eigenvalue weighted by Crippen LogP contribution is 2.22. The van der Waals surface area contributed by atoms with E-state index in [4.69, 9.17) is 0 Å². The number of hydrogen-bond acceptors (Lipinski definition) is 1. The van der Waals surface area contributed by atoms with Gasteiger partial charge in [0.15, 0.2) is 0 Å². The van der Waals surface area contributed by atoms with Crippen LogP contribution in [-0.2, 0) is 10.2 Å². The first-order valence-corrected chi connectivity index (χ1v) is 7.03. The summed E-state index contributed by atoms with van der Waals surface area (Å²) in [5.74, 6) is 0.208. The van der Waals surface area contributed by atoms with Crippen molar-refractivity contribution in [3.8, 4) is 0 Å². The minimum absolute atomic E-state index is 0.208. The van der Waals surface area contributed by atoms with Crippen LogP contribution in [-0.4, -0.2) is 17.4 Å². The predicted molar refractivity (Wildman–Crippen MR) is 86.4 cm³/mol. The molecule has 0 spiro atoms. The molecule has 1 aliphatic heterocycles. The van der Waals surface area contributed by atoms with E-state index in [0.717, 1.165) is 13.0 Å². The topological polar surface area (TPSA) is 20.3 Å². The molecule has 0 saturated carbocycles. The van der Waals surface area contributed by atoms with Crippen molar-refractivity contribution in [2.75, 3.05) is 6.54 Å². The van der Waals surface area contributed by atoms with Crippen molar-refractivity contribution >= 4 is 12.0 Å². The molecule has 1 heterocycles. The maximum Gasteiger partial charge on any atom is 0.226 e. The zero-order valence-corrected chi connectivity index (χ0v) is 12.9. The highest BCUT2D eigenvalue weighted by molar-refractivity contribution is 5.78. The van der Waals surface area contributed by atoms with Crippen molar-refractivity contribution in [1.29, 1.82) is 0 Å². The van der Waals surface area contributed by atoms with E-state index in [-0.39, 0.29) is 11.3 Å². The van der Waals surface area contributed by atoms with Gasteiger partial charge in [0.05, 0.1) is 0 Å². The van der Waals surface area contributed by atoms with Gasteiger partial charge in [0.2, 0.25) is 5.91 Å². The van der Waals surface area contributed by atoms with Crippen LogP contribution < -0.4 is 0 Å². The molecule has 0 unspecified atom stereocenters. The number of likely N-dealkylation sites (tertiary alicyclic amines) is 1. The zero-order chi connectivity index (χ0) is 15.2. The second kappa shape index (κ2) is 7.09. The maximum atomic E-state index is 10.7. The van der Waals surface area contributed by atoms with Crippen LogP contribution >= 0.6 is 0 Å². The number of carbonyl (C=O) groups is 1. The van der Waals surface area contributed by atoms with Gasteiger partial charge in [0, 0.05) is 13.0 Å². The van der Waals surface area contributed by atoms with E-state index in [1.807, 2.05) is 6.08 Å². The summed E-state index contributed by atoms with van der Waals surface area (Å²) in [6, 6.07) is 8.54. The van der Waals surface area contributed by atoms with Crippen LogP contribution in [0.3, 0.4) is 0 Å². The SMILES string of the molecule is C=CN1CCCC1=O.C=Cc1ccc(C(C)(C)C)cc1. The summed E-state index contributed by atoms with van der Waals surface area (Å²) in [6.07, 6.45) is 5.15. The summed E-state index contributed by atoms with van der Waals surface area (Å²) < 4.78 is 0. The van der Waals surface area contributed by atoms with Crippen molar-refractivity contribution in [2.24, 2.45) is 0 Å². The molecule has 1 aromatic carbocycles. The van der Waals surface area contributed by atoms with Gasteiger partial charge in [-0.05, 0) is 29.2 Å². The lowest BCUT2D eigenvalue weighted by atomic mass is 9.87. The van der Waals surface area contributed by atoms with E-state index in [0.29, 0.717) is 6.42 Å². The standard InChI is InChI=1S/C12H16.C6H9NO/c1-5-10-6-8-11(9-7-10)12(2,3)4;1-2-7-5-3-4-6(7)8/h5-9H,1H2,2-4H3;2H,1,3-5H2. The summed E-state index contributed by atoms with van der Waals surface area (Å²) in [5.41, 5.74) is 2.80. The molecule has 0 N–H and O–H groups in total. The first-order chi connectivity index (χ1) is 9.38. The Labute approximate surface area is 122 Å². The molecule has 0 aromatic heterocycles. The predicted octanol–water partition coefficient (Wildman–Crippen LogP) is 4.38. The molecule has 108 valence electrons. The molecule has 0 bridgehead atoms. The third-order valence-electron chi connectivity index (χ3n) is 3.34. The van der Waals surface area contributed by atoms with Gasteiger partial charge in [-0.15, -0.1) is 0 Å². The third kappa shape index (κ3) is 4.69. The lowest BCUT2D eigenvalue weighted by molar-refractivity contribution is -0.125. The van der Waals surface area contributed by atoms with Crippen molar-refractivity contribution < 1.29 is 4.79 Å². The lowest BCUT2D eigenvalue weighted by Crippen LogP contribution is -2.16. The Bertz CT molecular complexity index is 465. The van der Waals surface area contributed by atoms with Gasteiger partial charge in [-0.1, -0.05) is 64.3 Å². The van der Waals surface area contributed by atoms with E-state index in [1.54, 1.807) is 11.1 Å². The van der Waals surface area contributed by atoms with Gasteiger partial charge < -0.3 is 4.90 Å². The molecule has 1 amide bonds. The molecule has 1 saturated heterocycles. The number of amides is 1. The molecule has 1 aliphatic rings. The normalized spacial score (nSPS) is 14.6. The Hall–Kier alpha value is -1.83. The van der Waals surface area contributed by atoms with Crippen LogP contribution in [0.5, 0.6) is 0 Å². The molecule has 2 nitrogen and oxygen atoms in total. The number of hydrogen-bond donors (Lipinski definition) is 0. The largest absolute Gasteiger partial charge is 0.320 e. The van der Waals surface area contributed by atoms with Gasteiger partial charge in [0.25, 0.3) is 0 Å². The van der Waals surface area contributed by atoms with Gasteiger partial charge >= 0.3 is 0 Å². The molecule has 1 fully saturated rings. The monoisotopic (exact) mass is 271 g/mol. The Morgan fingerprint density at radius 1 is 1.15 bits per heavy atom. The van der Waals surface area contributed by atoms with E-state index in [2.05, 4.69) is 58.2 Å². The minimum Gasteiger partial charge on any atom is -0.320 e. The third-order valence-corrected chi connectivity index (χ3v) is 3.34. The highest BCUT2D eigenvalue weighted by atomic mass is 16.2. The van der Waals surface area contributed by atoms with E-state index in [1.165, 1.54) is 11.1 Å². The average molecular weight is 271 g/mol. The summed E-state index contributed by atoms with van der Waals surface area (Å²) >= 11 is 0. The van der Waals surface area contributed by atoms with Crippen LogP contribution in [0.4, 0.5) is 0 Å². The van der Waals surface area contributed by atoms with Crippen LogP contribution in [0.1, 0.15) is 44.7 Å². The number of nitrogens with zero attached hydrogens (tertiary/aromatic N) is 1. The first-order valence-electron chi connectivity index (χ1n) is 7.03. The van der Waals surface area contributed by atoms with Crippen LogP contribution in [0.2, 0.25) is 0 Å². The Balaban J connectivity index is 0.000000217. The summed E-state index contributed by atoms with van der Waals surface area (Å²) in [7, 11) is 0. The highest BCUT2D eigenvalue weighted by Gasteiger charge is 2.16. The second-order valence-electron chi connectivity index (χ2n) is 5.95. The number of carbonyl (C=O) groups excluding carboxylic acids is 1. The van der Waals surface area contributed by atoms with Crippen molar-refractivity contribution in [3.05, 3.63) is 54.8 Å². The number of rotatable bonds is 2. The molecule has 2 heteroatoms. The fraction of sp³-hybridized carbons (Fsp3) is 0.389. The van der Waals surface area contributed by atoms with Gasteiger partial charge in [-0.25, -0.2) is 0 Å². The minimum atomic E-state index is 0.208. The molecule has 20 heavy (non-hydrogen) atoms. The molecule has 0 aliphatic carbocycles. The number of benzene rings is 1.